The van der Waals surface area contributed by atoms with E-state index in [1.165, 1.54) is 14.2 Å². The molecule has 2 aliphatic carbocycles. The monoisotopic (exact) mass is 592 g/mol. The maximum Gasteiger partial charge on any atom is 0.306 e. The number of esters is 2. The third-order valence-corrected chi connectivity index (χ3v) is 8.47. The first-order chi connectivity index (χ1) is 21.8. The second-order valence-electron chi connectivity index (χ2n) is 10.6. The highest BCUT2D eigenvalue weighted by Gasteiger charge is 2.57. The average molecular weight is 593 g/mol. The second-order valence-corrected chi connectivity index (χ2v) is 10.6. The fourth-order valence-electron chi connectivity index (χ4n) is 6.69. The van der Waals surface area contributed by atoms with E-state index >= 15 is 0 Å². The summed E-state index contributed by atoms with van der Waals surface area (Å²) in [6, 6.07) is 22.0. The van der Waals surface area contributed by atoms with Crippen molar-refractivity contribution in [2.75, 3.05) is 14.2 Å². The Labute approximate surface area is 256 Å². The number of nitriles is 4. The van der Waals surface area contributed by atoms with E-state index in [9.17, 15) is 30.6 Å². The van der Waals surface area contributed by atoms with Crippen molar-refractivity contribution >= 4 is 11.9 Å². The molecular formula is C33H20N8O4. The lowest BCUT2D eigenvalue weighted by Crippen LogP contribution is -2.42. The van der Waals surface area contributed by atoms with Crippen LogP contribution in [0, 0.1) is 45.3 Å². The normalized spacial score (nSPS) is 18.1. The zero-order valence-electron chi connectivity index (χ0n) is 24.0. The number of benzene rings is 2. The standard InChI is InChI=1S/C33H20N8O4/c1-44-26(42)11-32(20-9-5-3-7-18(20)28-30(32)40-24(15-36)22(13-34)38-28)17-33(12-27(43)45-2)21-10-6-4-8-19(21)29-31(33)41-25(16-37)23(14-35)39-29/h3-10H,11-12,17H2,1-2H3. The number of methoxy groups -OCH3 is 2. The van der Waals surface area contributed by atoms with Crippen molar-refractivity contribution in [3.05, 3.63) is 93.8 Å². The predicted molar refractivity (Wildman–Crippen MR) is 153 cm³/mol. The van der Waals surface area contributed by atoms with Gasteiger partial charge < -0.3 is 9.47 Å². The molecule has 4 aromatic rings. The molecule has 0 bridgehead atoms. The lowest BCUT2D eigenvalue weighted by atomic mass is 9.62. The van der Waals surface area contributed by atoms with Gasteiger partial charge in [-0.3, -0.25) is 9.59 Å². The first-order valence-corrected chi connectivity index (χ1v) is 13.6. The molecule has 0 radical (unpaired) electrons. The average Bonchev–Trinajstić information content (AvgIpc) is 3.48. The fourth-order valence-corrected chi connectivity index (χ4v) is 6.69. The van der Waals surface area contributed by atoms with E-state index in [2.05, 4.69) is 19.9 Å². The molecule has 12 heteroatoms. The summed E-state index contributed by atoms with van der Waals surface area (Å²) in [5.41, 5.74) is -0.0115. The Morgan fingerprint density at radius 2 is 0.978 bits per heavy atom. The van der Waals surface area contributed by atoms with Crippen LogP contribution in [0.25, 0.3) is 22.5 Å². The minimum Gasteiger partial charge on any atom is -0.469 e. The smallest absolute Gasteiger partial charge is 0.306 e. The van der Waals surface area contributed by atoms with Crippen LogP contribution in [-0.4, -0.2) is 46.1 Å². The predicted octanol–water partition coefficient (Wildman–Crippen LogP) is 3.50. The minimum absolute atomic E-state index is 0.0604. The van der Waals surface area contributed by atoms with E-state index in [1.54, 1.807) is 48.5 Å². The molecule has 12 nitrogen and oxygen atoms in total. The number of carbonyl (C=O) groups excluding carboxylic acids is 2. The molecule has 6 rings (SSSR count). The second kappa shape index (κ2) is 10.6. The van der Waals surface area contributed by atoms with E-state index in [4.69, 9.17) is 9.47 Å². The maximum atomic E-state index is 13.3. The van der Waals surface area contributed by atoms with Gasteiger partial charge in [-0.1, -0.05) is 48.5 Å². The van der Waals surface area contributed by atoms with Crippen molar-refractivity contribution in [2.24, 2.45) is 0 Å². The van der Waals surface area contributed by atoms with Crippen molar-refractivity contribution in [1.29, 1.82) is 21.0 Å². The quantitative estimate of drug-likeness (QED) is 0.296. The molecule has 0 fully saturated rings. The Morgan fingerprint density at radius 1 is 0.622 bits per heavy atom. The van der Waals surface area contributed by atoms with Crippen molar-refractivity contribution in [2.45, 2.75) is 30.1 Å². The highest BCUT2D eigenvalue weighted by molar-refractivity contribution is 5.86. The Bertz CT molecular complexity index is 1980. The summed E-state index contributed by atoms with van der Waals surface area (Å²) in [4.78, 5) is 45.0. The first kappa shape index (κ1) is 28.6. The van der Waals surface area contributed by atoms with Crippen molar-refractivity contribution < 1.29 is 19.1 Å². The van der Waals surface area contributed by atoms with Gasteiger partial charge in [0.25, 0.3) is 0 Å². The summed E-state index contributed by atoms with van der Waals surface area (Å²) in [6.07, 6.45) is -0.627. The van der Waals surface area contributed by atoms with E-state index in [0.717, 1.165) is 0 Å². The summed E-state index contributed by atoms with van der Waals surface area (Å²) in [5.74, 6) is -1.21. The number of ether oxygens (including phenoxy) is 2. The maximum absolute atomic E-state index is 13.3. The number of carbonyl (C=O) groups is 2. The first-order valence-electron chi connectivity index (χ1n) is 13.6. The minimum atomic E-state index is -1.38. The largest absolute Gasteiger partial charge is 0.469 e. The Hall–Kier alpha value is -6.50. The molecule has 2 heterocycles. The van der Waals surface area contributed by atoms with Crippen LogP contribution in [0.3, 0.4) is 0 Å². The van der Waals surface area contributed by atoms with Gasteiger partial charge in [0, 0.05) is 11.1 Å². The zero-order valence-corrected chi connectivity index (χ0v) is 24.0. The Morgan fingerprint density at radius 3 is 1.33 bits per heavy atom. The molecule has 0 saturated carbocycles. The van der Waals surface area contributed by atoms with E-state index in [1.807, 2.05) is 24.3 Å². The third-order valence-electron chi connectivity index (χ3n) is 8.47. The summed E-state index contributed by atoms with van der Waals surface area (Å²) >= 11 is 0. The van der Waals surface area contributed by atoms with Crippen molar-refractivity contribution in [1.82, 2.24) is 19.9 Å². The lowest BCUT2D eigenvalue weighted by molar-refractivity contribution is -0.142. The van der Waals surface area contributed by atoms with Gasteiger partial charge in [0.2, 0.25) is 0 Å². The summed E-state index contributed by atoms with van der Waals surface area (Å²) in [5, 5.41) is 39.3. The Balaban J connectivity index is 1.75. The highest BCUT2D eigenvalue weighted by atomic mass is 16.5. The molecule has 0 N–H and O–H groups in total. The molecule has 0 aliphatic heterocycles. The molecule has 2 aromatic heterocycles. The Kier molecular flexibility index (Phi) is 6.77. The molecular weight excluding hydrogens is 572 g/mol. The molecule has 0 amide bonds. The molecule has 0 spiro atoms. The lowest BCUT2D eigenvalue weighted by Gasteiger charge is -2.40. The van der Waals surface area contributed by atoms with E-state index < -0.39 is 22.8 Å². The molecule has 2 unspecified atom stereocenters. The third kappa shape index (κ3) is 4.09. The SMILES string of the molecule is COC(=O)CC1(CC2(CC(=O)OC)c3ccccc3-c3nc(C#N)c(C#N)nc32)c2ccccc2-c2nc(C#N)c(C#N)nc21. The number of hydrogen-bond acceptors (Lipinski definition) is 12. The number of rotatable bonds is 6. The van der Waals surface area contributed by atoms with Crippen LogP contribution in [0.4, 0.5) is 0 Å². The summed E-state index contributed by atoms with van der Waals surface area (Å²) in [6.45, 7) is 0. The molecule has 216 valence electrons. The van der Waals surface area contributed by atoms with E-state index in [0.29, 0.717) is 33.6 Å². The van der Waals surface area contributed by atoms with Crippen molar-refractivity contribution in [3.63, 3.8) is 0 Å². The number of aromatic nitrogens is 4. The van der Waals surface area contributed by atoms with Crippen LogP contribution in [0.2, 0.25) is 0 Å². The van der Waals surface area contributed by atoms with Gasteiger partial charge in [0.1, 0.15) is 24.3 Å². The summed E-state index contributed by atoms with van der Waals surface area (Å²) in [7, 11) is 2.50. The van der Waals surface area contributed by atoms with Crippen LogP contribution in [0.15, 0.2) is 48.5 Å². The molecule has 2 aliphatic rings. The number of fused-ring (bicyclic) bond motifs is 6. The van der Waals surface area contributed by atoms with Crippen LogP contribution in [-0.2, 0) is 29.9 Å². The zero-order chi connectivity index (χ0) is 31.9. The highest BCUT2D eigenvalue weighted by Crippen LogP contribution is 2.60. The fraction of sp³-hybridized carbons (Fsp3) is 0.212. The molecule has 0 saturated heterocycles. The van der Waals surface area contributed by atoms with Gasteiger partial charge in [-0.2, -0.15) is 21.0 Å². The van der Waals surface area contributed by atoms with E-state index in [-0.39, 0.29) is 53.4 Å². The summed E-state index contributed by atoms with van der Waals surface area (Å²) < 4.78 is 10.3. The van der Waals surface area contributed by atoms with Gasteiger partial charge >= 0.3 is 11.9 Å². The van der Waals surface area contributed by atoms with Gasteiger partial charge in [-0.15, -0.1) is 0 Å². The molecule has 45 heavy (non-hydrogen) atoms. The number of hydrogen-bond donors (Lipinski definition) is 0. The van der Waals surface area contributed by atoms with Gasteiger partial charge in [-0.05, 0) is 17.5 Å². The molecule has 2 atom stereocenters. The van der Waals surface area contributed by atoms with Gasteiger partial charge in [0.15, 0.2) is 22.8 Å². The topological polar surface area (TPSA) is 199 Å². The van der Waals surface area contributed by atoms with Crippen LogP contribution < -0.4 is 0 Å². The van der Waals surface area contributed by atoms with Crippen LogP contribution >= 0.6 is 0 Å². The molecule has 2 aromatic carbocycles. The van der Waals surface area contributed by atoms with Crippen LogP contribution in [0.1, 0.15) is 64.6 Å². The van der Waals surface area contributed by atoms with Crippen LogP contribution in [0.5, 0.6) is 0 Å². The van der Waals surface area contributed by atoms with Gasteiger partial charge in [-0.25, -0.2) is 19.9 Å². The van der Waals surface area contributed by atoms with Gasteiger partial charge in [0.05, 0.1) is 60.7 Å². The number of nitrogens with zero attached hydrogens (tertiary/aromatic N) is 8. The van der Waals surface area contributed by atoms with Crippen molar-refractivity contribution in [3.8, 4) is 46.8 Å².